The van der Waals surface area contributed by atoms with Crippen molar-refractivity contribution in [2.75, 3.05) is 38.1 Å². The molecule has 0 bridgehead atoms. The molecule has 2 aromatic carbocycles. The van der Waals surface area contributed by atoms with Gasteiger partial charge in [-0.2, -0.15) is 0 Å². The molecule has 126 valence electrons. The molecule has 2 atom stereocenters. The zero-order valence-electron chi connectivity index (χ0n) is 14.1. The number of anilines is 2. The van der Waals surface area contributed by atoms with Gasteiger partial charge in [0.15, 0.2) is 0 Å². The number of likely N-dealkylation sites (N-methyl/N-ethyl adjacent to an activating group) is 2. The molecule has 4 nitrogen and oxygen atoms in total. The number of nitrogens with zero attached hydrogens (tertiary/aromatic N) is 2. The second-order valence-electron chi connectivity index (χ2n) is 5.83. The normalized spacial score (nSPS) is 28.2. The summed E-state index contributed by atoms with van der Waals surface area (Å²) in [5.41, 5.74) is 2.32. The van der Waals surface area contributed by atoms with Crippen molar-refractivity contribution in [3.8, 4) is 0 Å². The van der Waals surface area contributed by atoms with E-state index in [4.69, 9.17) is 9.47 Å². The number of thioether (sulfide) groups is 2. The van der Waals surface area contributed by atoms with E-state index in [-0.39, 0.29) is 0 Å². The molecule has 2 aromatic rings. The Balaban J connectivity index is 1.87. The largest absolute Gasteiger partial charge is 0.345 e. The lowest BCUT2D eigenvalue weighted by Gasteiger charge is -2.49. The zero-order valence-corrected chi connectivity index (χ0v) is 15.8. The van der Waals surface area contributed by atoms with Gasteiger partial charge in [0.05, 0.1) is 11.4 Å². The van der Waals surface area contributed by atoms with Gasteiger partial charge in [-0.3, -0.25) is 0 Å². The minimum absolute atomic E-state index is 0.704. The summed E-state index contributed by atoms with van der Waals surface area (Å²) in [6.07, 6.45) is 0. The number of rotatable bonds is 3. The molecule has 2 aliphatic heterocycles. The molecule has 2 heterocycles. The van der Waals surface area contributed by atoms with Gasteiger partial charge < -0.3 is 19.3 Å². The fourth-order valence-electron chi connectivity index (χ4n) is 3.56. The van der Waals surface area contributed by atoms with Crippen LogP contribution < -0.4 is 9.80 Å². The molecule has 0 spiro atoms. The van der Waals surface area contributed by atoms with E-state index in [1.165, 1.54) is 9.79 Å². The molecule has 0 saturated heterocycles. The van der Waals surface area contributed by atoms with Crippen LogP contribution in [0.1, 0.15) is 0 Å². The number of methoxy groups -OCH3 is 2. The van der Waals surface area contributed by atoms with Crippen molar-refractivity contribution in [1.29, 1.82) is 0 Å². The van der Waals surface area contributed by atoms with Crippen molar-refractivity contribution in [2.45, 2.75) is 19.9 Å². The second-order valence-corrected chi connectivity index (χ2v) is 8.22. The van der Waals surface area contributed by atoms with Crippen molar-refractivity contribution in [1.82, 2.24) is 0 Å². The van der Waals surface area contributed by atoms with Crippen LogP contribution in [-0.4, -0.2) is 38.4 Å². The quantitative estimate of drug-likeness (QED) is 0.818. The maximum Gasteiger partial charge on any atom is 0.254 e. The van der Waals surface area contributed by atoms with E-state index in [2.05, 4.69) is 72.4 Å². The van der Waals surface area contributed by atoms with Crippen molar-refractivity contribution in [3.63, 3.8) is 0 Å². The third kappa shape index (κ3) is 1.85. The summed E-state index contributed by atoms with van der Waals surface area (Å²) in [6, 6.07) is 16.7. The lowest BCUT2D eigenvalue weighted by Crippen LogP contribution is -2.66. The monoisotopic (exact) mass is 360 g/mol. The SMILES string of the molecule is COC1(C2(OC)Sc3ccccc3N2C)Sc2ccccc2N1C. The van der Waals surface area contributed by atoms with Gasteiger partial charge in [-0.1, -0.05) is 47.8 Å². The molecule has 2 unspecified atom stereocenters. The van der Waals surface area contributed by atoms with Gasteiger partial charge in [0.2, 0.25) is 0 Å². The molecule has 0 fully saturated rings. The number of benzene rings is 2. The average Bonchev–Trinajstić information content (AvgIpc) is 3.09. The van der Waals surface area contributed by atoms with E-state index in [1.807, 2.05) is 0 Å². The minimum Gasteiger partial charge on any atom is -0.345 e. The lowest BCUT2D eigenvalue weighted by atomic mass is 10.2. The fraction of sp³-hybridized carbons (Fsp3) is 0.333. The van der Waals surface area contributed by atoms with E-state index in [9.17, 15) is 0 Å². The van der Waals surface area contributed by atoms with Crippen LogP contribution in [0.3, 0.4) is 0 Å². The first-order valence-corrected chi connectivity index (χ1v) is 9.37. The van der Waals surface area contributed by atoms with Crippen LogP contribution >= 0.6 is 23.5 Å². The van der Waals surface area contributed by atoms with Gasteiger partial charge in [0.1, 0.15) is 0 Å². The predicted octanol–water partition coefficient (Wildman–Crippen LogP) is 4.07. The van der Waals surface area contributed by atoms with Crippen molar-refractivity contribution < 1.29 is 9.47 Å². The van der Waals surface area contributed by atoms with Gasteiger partial charge in [-0.25, -0.2) is 0 Å². The van der Waals surface area contributed by atoms with Crippen LogP contribution in [0.4, 0.5) is 11.4 Å². The number of ether oxygens (including phenoxy) is 2. The maximum atomic E-state index is 6.17. The number of hydrogen-bond donors (Lipinski definition) is 0. The molecule has 2 aliphatic rings. The molecule has 0 amide bonds. The van der Waals surface area contributed by atoms with E-state index in [0.717, 1.165) is 11.4 Å². The molecular formula is C18H20N2O2S2. The Bertz CT molecular complexity index is 722. The van der Waals surface area contributed by atoms with Crippen LogP contribution in [0.15, 0.2) is 58.3 Å². The Morgan fingerprint density at radius 1 is 0.708 bits per heavy atom. The van der Waals surface area contributed by atoms with E-state index in [0.29, 0.717) is 0 Å². The zero-order chi connectivity index (χ0) is 16.9. The van der Waals surface area contributed by atoms with Crippen molar-refractivity contribution in [2.24, 2.45) is 0 Å². The first kappa shape index (κ1) is 16.1. The molecule has 4 rings (SSSR count). The summed E-state index contributed by atoms with van der Waals surface area (Å²) >= 11 is 3.41. The van der Waals surface area contributed by atoms with E-state index < -0.39 is 10.1 Å². The standard InChI is InChI=1S/C18H20N2O2S2/c1-19-13-9-5-7-11-15(13)23-17(19,21-3)18(22-4)20(2)14-10-6-8-12-16(14)24-18/h5-12H,1-4H3. The summed E-state index contributed by atoms with van der Waals surface area (Å²) < 4.78 is 12.3. The molecule has 0 aromatic heterocycles. The van der Waals surface area contributed by atoms with Crippen LogP contribution in [-0.2, 0) is 9.47 Å². The van der Waals surface area contributed by atoms with Crippen LogP contribution in [0.5, 0.6) is 0 Å². The molecule has 0 N–H and O–H groups in total. The van der Waals surface area contributed by atoms with Crippen molar-refractivity contribution in [3.05, 3.63) is 48.5 Å². The van der Waals surface area contributed by atoms with Crippen LogP contribution in [0.25, 0.3) is 0 Å². The van der Waals surface area contributed by atoms with E-state index >= 15 is 0 Å². The van der Waals surface area contributed by atoms with Gasteiger partial charge in [-0.05, 0) is 24.3 Å². The number of para-hydroxylation sites is 2. The first-order valence-electron chi connectivity index (χ1n) is 7.73. The molecule has 24 heavy (non-hydrogen) atoms. The maximum absolute atomic E-state index is 6.17. The third-order valence-corrected chi connectivity index (χ3v) is 8.03. The van der Waals surface area contributed by atoms with Crippen molar-refractivity contribution >= 4 is 34.9 Å². The highest BCUT2D eigenvalue weighted by molar-refractivity contribution is 8.05. The Morgan fingerprint density at radius 3 is 1.42 bits per heavy atom. The number of fused-ring (bicyclic) bond motifs is 2. The van der Waals surface area contributed by atoms with Crippen LogP contribution in [0, 0.1) is 0 Å². The van der Waals surface area contributed by atoms with Gasteiger partial charge in [0, 0.05) is 38.1 Å². The first-order chi connectivity index (χ1) is 11.6. The molecular weight excluding hydrogens is 340 g/mol. The molecule has 6 heteroatoms. The van der Waals surface area contributed by atoms with Crippen LogP contribution in [0.2, 0.25) is 0 Å². The Hall–Kier alpha value is -1.34. The van der Waals surface area contributed by atoms with E-state index in [1.54, 1.807) is 37.7 Å². The summed E-state index contributed by atoms with van der Waals surface area (Å²) in [5.74, 6) is 0. The van der Waals surface area contributed by atoms with Gasteiger partial charge >= 0.3 is 0 Å². The summed E-state index contributed by atoms with van der Waals surface area (Å²) in [7, 11) is 7.65. The van der Waals surface area contributed by atoms with Gasteiger partial charge in [-0.15, -0.1) is 0 Å². The highest BCUT2D eigenvalue weighted by Crippen LogP contribution is 2.64. The van der Waals surface area contributed by atoms with Gasteiger partial charge in [0.25, 0.3) is 10.1 Å². The Labute approximate surface area is 151 Å². The third-order valence-electron chi connectivity index (χ3n) is 4.79. The lowest BCUT2D eigenvalue weighted by molar-refractivity contribution is -0.0749. The fourth-order valence-corrected chi connectivity index (χ4v) is 6.66. The molecule has 0 radical (unpaired) electrons. The highest BCUT2D eigenvalue weighted by Gasteiger charge is 2.66. The summed E-state index contributed by atoms with van der Waals surface area (Å²) in [6.45, 7) is 0. The average molecular weight is 361 g/mol. The summed E-state index contributed by atoms with van der Waals surface area (Å²) in [5, 5.41) is -1.41. The molecule has 0 saturated carbocycles. The smallest absolute Gasteiger partial charge is 0.254 e. The Kier molecular flexibility index (Phi) is 3.76. The highest BCUT2D eigenvalue weighted by atomic mass is 32.2. The minimum atomic E-state index is -0.704. The molecule has 0 aliphatic carbocycles. The summed E-state index contributed by atoms with van der Waals surface area (Å²) in [4.78, 5) is 6.77. The number of hydrogen-bond acceptors (Lipinski definition) is 6. The Morgan fingerprint density at radius 2 is 1.08 bits per heavy atom. The predicted molar refractivity (Wildman–Crippen MR) is 101 cm³/mol. The topological polar surface area (TPSA) is 24.9 Å². The second kappa shape index (κ2) is 5.59.